The number of aromatic carboxylic acids is 1. The van der Waals surface area contributed by atoms with Gasteiger partial charge in [-0.3, -0.25) is 4.68 Å². The minimum Gasteiger partial charge on any atom is -0.478 e. The highest BCUT2D eigenvalue weighted by atomic mass is 79.9. The molecular formula is C13H14BrN3O2. The lowest BCUT2D eigenvalue weighted by Gasteiger charge is -2.09. The van der Waals surface area contributed by atoms with E-state index in [1.54, 1.807) is 23.0 Å². The summed E-state index contributed by atoms with van der Waals surface area (Å²) in [5.41, 5.74) is 2.94. The number of carboxylic acid groups (broad SMARTS) is 1. The number of nitrogens with zero attached hydrogens (tertiary/aromatic N) is 2. The topological polar surface area (TPSA) is 67.2 Å². The molecule has 0 spiro atoms. The number of nitrogens with one attached hydrogen (secondary N) is 1. The van der Waals surface area contributed by atoms with Crippen LogP contribution < -0.4 is 5.32 Å². The molecular weight excluding hydrogens is 310 g/mol. The van der Waals surface area contributed by atoms with E-state index in [1.807, 2.05) is 20.0 Å². The number of hydrogen-bond acceptors (Lipinski definition) is 3. The maximum Gasteiger partial charge on any atom is 0.337 e. The Morgan fingerprint density at radius 1 is 1.53 bits per heavy atom. The summed E-state index contributed by atoms with van der Waals surface area (Å²) >= 11 is 3.27. The smallest absolute Gasteiger partial charge is 0.337 e. The molecule has 2 rings (SSSR count). The monoisotopic (exact) mass is 323 g/mol. The first-order chi connectivity index (χ1) is 8.99. The summed E-state index contributed by atoms with van der Waals surface area (Å²) in [6.45, 7) is 2.52. The number of halogens is 1. The molecule has 0 amide bonds. The van der Waals surface area contributed by atoms with Crippen LogP contribution in [0.15, 0.2) is 28.9 Å². The minimum absolute atomic E-state index is 0.246. The Bertz CT molecular complexity index is 622. The molecule has 1 heterocycles. The highest BCUT2D eigenvalue weighted by molar-refractivity contribution is 9.10. The standard InChI is InChI=1S/C13H14BrN3O2/c1-8-9(7-16-17(8)2)6-15-12-4-3-10(14)5-11(12)13(18)19/h3-5,7,15H,6H2,1-2H3,(H,18,19). The summed E-state index contributed by atoms with van der Waals surface area (Å²) < 4.78 is 2.53. The van der Waals surface area contributed by atoms with Gasteiger partial charge in [-0.15, -0.1) is 0 Å². The molecule has 0 unspecified atom stereocenters. The van der Waals surface area contributed by atoms with Crippen molar-refractivity contribution in [3.8, 4) is 0 Å². The zero-order valence-electron chi connectivity index (χ0n) is 10.6. The van der Waals surface area contributed by atoms with Gasteiger partial charge >= 0.3 is 5.97 Å². The Labute approximate surface area is 119 Å². The second-order valence-electron chi connectivity index (χ2n) is 4.23. The molecule has 1 aromatic heterocycles. The van der Waals surface area contributed by atoms with Crippen molar-refractivity contribution < 1.29 is 9.90 Å². The van der Waals surface area contributed by atoms with Gasteiger partial charge in [0.25, 0.3) is 0 Å². The summed E-state index contributed by atoms with van der Waals surface area (Å²) in [6.07, 6.45) is 1.78. The first kappa shape index (κ1) is 13.6. The zero-order valence-corrected chi connectivity index (χ0v) is 12.2. The largest absolute Gasteiger partial charge is 0.478 e. The molecule has 0 atom stereocenters. The van der Waals surface area contributed by atoms with Gasteiger partial charge in [-0.25, -0.2) is 4.79 Å². The van der Waals surface area contributed by atoms with Crippen molar-refractivity contribution in [3.05, 3.63) is 45.7 Å². The Morgan fingerprint density at radius 2 is 2.26 bits per heavy atom. The van der Waals surface area contributed by atoms with Gasteiger partial charge in [0.2, 0.25) is 0 Å². The fraction of sp³-hybridized carbons (Fsp3) is 0.231. The van der Waals surface area contributed by atoms with E-state index in [2.05, 4.69) is 26.3 Å². The lowest BCUT2D eigenvalue weighted by atomic mass is 10.1. The highest BCUT2D eigenvalue weighted by Gasteiger charge is 2.11. The molecule has 6 heteroatoms. The number of carboxylic acids is 1. The third-order valence-corrected chi connectivity index (χ3v) is 3.51. The molecule has 0 bridgehead atoms. The molecule has 0 saturated heterocycles. The number of benzene rings is 1. The van der Waals surface area contributed by atoms with Crippen molar-refractivity contribution in [1.29, 1.82) is 0 Å². The van der Waals surface area contributed by atoms with Crippen LogP contribution in [0.3, 0.4) is 0 Å². The van der Waals surface area contributed by atoms with Gasteiger partial charge in [0.1, 0.15) is 0 Å². The van der Waals surface area contributed by atoms with Gasteiger partial charge in [-0.2, -0.15) is 5.10 Å². The van der Waals surface area contributed by atoms with Gasteiger partial charge in [0, 0.05) is 35.0 Å². The molecule has 1 aromatic carbocycles. The second-order valence-corrected chi connectivity index (χ2v) is 5.14. The van der Waals surface area contributed by atoms with Gasteiger partial charge in [-0.05, 0) is 25.1 Å². The summed E-state index contributed by atoms with van der Waals surface area (Å²) in [5.74, 6) is -0.952. The summed E-state index contributed by atoms with van der Waals surface area (Å²) in [4.78, 5) is 11.2. The van der Waals surface area contributed by atoms with Crippen molar-refractivity contribution in [1.82, 2.24) is 9.78 Å². The van der Waals surface area contributed by atoms with Crippen LogP contribution in [0.1, 0.15) is 21.6 Å². The predicted octanol–water partition coefficient (Wildman–Crippen LogP) is 2.80. The van der Waals surface area contributed by atoms with E-state index >= 15 is 0 Å². The lowest BCUT2D eigenvalue weighted by Crippen LogP contribution is -2.07. The lowest BCUT2D eigenvalue weighted by molar-refractivity contribution is 0.0698. The van der Waals surface area contributed by atoms with Crippen LogP contribution in [0.2, 0.25) is 0 Å². The maximum atomic E-state index is 11.2. The van der Waals surface area contributed by atoms with E-state index in [-0.39, 0.29) is 5.56 Å². The van der Waals surface area contributed by atoms with Crippen LogP contribution in [0.4, 0.5) is 5.69 Å². The number of aryl methyl sites for hydroxylation is 1. The van der Waals surface area contributed by atoms with Crippen molar-refractivity contribution in [3.63, 3.8) is 0 Å². The Hall–Kier alpha value is -1.82. The van der Waals surface area contributed by atoms with E-state index in [9.17, 15) is 4.79 Å². The minimum atomic E-state index is -0.952. The van der Waals surface area contributed by atoms with Crippen LogP contribution in [0, 0.1) is 6.92 Å². The van der Waals surface area contributed by atoms with E-state index in [0.29, 0.717) is 12.2 Å². The Kier molecular flexibility index (Phi) is 3.90. The van der Waals surface area contributed by atoms with Crippen molar-refractivity contribution in [2.45, 2.75) is 13.5 Å². The molecule has 2 aromatic rings. The van der Waals surface area contributed by atoms with Gasteiger partial charge in [0.05, 0.1) is 11.8 Å². The maximum absolute atomic E-state index is 11.2. The number of carbonyl (C=O) groups is 1. The molecule has 100 valence electrons. The highest BCUT2D eigenvalue weighted by Crippen LogP contribution is 2.22. The number of anilines is 1. The molecule has 0 radical (unpaired) electrons. The normalized spacial score (nSPS) is 10.5. The van der Waals surface area contributed by atoms with Crippen LogP contribution in [0.25, 0.3) is 0 Å². The van der Waals surface area contributed by atoms with Crippen molar-refractivity contribution in [2.24, 2.45) is 7.05 Å². The van der Waals surface area contributed by atoms with Crippen LogP contribution in [-0.2, 0) is 13.6 Å². The first-order valence-electron chi connectivity index (χ1n) is 5.73. The molecule has 0 aliphatic heterocycles. The summed E-state index contributed by atoms with van der Waals surface area (Å²) in [6, 6.07) is 5.14. The summed E-state index contributed by atoms with van der Waals surface area (Å²) in [5, 5.41) is 16.5. The third-order valence-electron chi connectivity index (χ3n) is 3.02. The van der Waals surface area contributed by atoms with E-state index in [4.69, 9.17) is 5.11 Å². The van der Waals surface area contributed by atoms with E-state index in [1.165, 1.54) is 0 Å². The number of hydrogen-bond donors (Lipinski definition) is 2. The number of rotatable bonds is 4. The molecule has 0 fully saturated rings. The van der Waals surface area contributed by atoms with Crippen LogP contribution >= 0.6 is 15.9 Å². The van der Waals surface area contributed by atoms with E-state index < -0.39 is 5.97 Å². The van der Waals surface area contributed by atoms with Crippen LogP contribution in [-0.4, -0.2) is 20.9 Å². The van der Waals surface area contributed by atoms with Crippen LogP contribution in [0.5, 0.6) is 0 Å². The SMILES string of the molecule is Cc1c(CNc2ccc(Br)cc2C(=O)O)cnn1C. The Balaban J connectivity index is 2.20. The molecule has 0 aliphatic rings. The average molecular weight is 324 g/mol. The van der Waals surface area contributed by atoms with Gasteiger partial charge in [0.15, 0.2) is 0 Å². The quantitative estimate of drug-likeness (QED) is 0.907. The molecule has 0 saturated carbocycles. The van der Waals surface area contributed by atoms with Crippen molar-refractivity contribution in [2.75, 3.05) is 5.32 Å². The first-order valence-corrected chi connectivity index (χ1v) is 6.52. The summed E-state index contributed by atoms with van der Waals surface area (Å²) in [7, 11) is 1.88. The molecule has 19 heavy (non-hydrogen) atoms. The molecule has 2 N–H and O–H groups in total. The fourth-order valence-corrected chi connectivity index (χ4v) is 2.12. The fourth-order valence-electron chi connectivity index (χ4n) is 1.76. The average Bonchev–Trinajstić information content (AvgIpc) is 2.68. The van der Waals surface area contributed by atoms with E-state index in [0.717, 1.165) is 15.7 Å². The van der Waals surface area contributed by atoms with Gasteiger partial charge < -0.3 is 10.4 Å². The predicted molar refractivity (Wildman–Crippen MR) is 76.4 cm³/mol. The number of aromatic nitrogens is 2. The molecule has 0 aliphatic carbocycles. The molecule has 5 nitrogen and oxygen atoms in total. The third kappa shape index (κ3) is 2.96. The zero-order chi connectivity index (χ0) is 14.0. The van der Waals surface area contributed by atoms with Crippen molar-refractivity contribution >= 4 is 27.6 Å². The van der Waals surface area contributed by atoms with Gasteiger partial charge in [-0.1, -0.05) is 15.9 Å². The Morgan fingerprint density at radius 3 is 2.84 bits per heavy atom. The second kappa shape index (κ2) is 5.44.